The van der Waals surface area contributed by atoms with E-state index in [4.69, 9.17) is 4.55 Å². The first kappa shape index (κ1) is 16.1. The third-order valence-electron chi connectivity index (χ3n) is 1.26. The molecule has 76 valence electrons. The Morgan fingerprint density at radius 1 is 1.62 bits per heavy atom. The Hall–Kier alpha value is 0.640. The van der Waals surface area contributed by atoms with Crippen molar-refractivity contribution in [1.29, 1.82) is 0 Å². The monoisotopic (exact) mass is 237 g/mol. The van der Waals surface area contributed by atoms with E-state index in [-0.39, 0.29) is 64.7 Å². The van der Waals surface area contributed by atoms with E-state index in [0.29, 0.717) is 0 Å². The Labute approximate surface area is 111 Å². The maximum atomic E-state index is 10.5. The van der Waals surface area contributed by atoms with E-state index in [1.165, 1.54) is 6.92 Å². The molecule has 0 rings (SSSR count). The van der Waals surface area contributed by atoms with E-state index < -0.39 is 10.1 Å². The van der Waals surface area contributed by atoms with Crippen LogP contribution < -0.4 is 5.32 Å². The molecule has 0 aliphatic heterocycles. The predicted molar refractivity (Wildman–Crippen MR) is 52.3 cm³/mol. The normalized spacial score (nSPS) is 12.8. The Balaban J connectivity index is -0.000000202. The summed E-state index contributed by atoms with van der Waals surface area (Å²) in [6.07, 6.45) is 0.221. The van der Waals surface area contributed by atoms with Crippen molar-refractivity contribution in [3.05, 3.63) is 0 Å². The molecule has 0 saturated heterocycles. The van der Waals surface area contributed by atoms with Gasteiger partial charge in [0.2, 0.25) is 5.91 Å². The molecule has 0 aromatic heterocycles. The first-order valence-electron chi connectivity index (χ1n) is 3.53. The summed E-state index contributed by atoms with van der Waals surface area (Å²) in [7, 11) is -3.91. The Morgan fingerprint density at radius 3 is 2.38 bits per heavy atom. The van der Waals surface area contributed by atoms with Crippen LogP contribution in [0.5, 0.6) is 0 Å². The van der Waals surface area contributed by atoms with Crippen LogP contribution in [0.25, 0.3) is 0 Å². The minimum absolute atomic E-state index is 0. The maximum Gasteiger partial charge on any atom is 2.00 e. The molecule has 0 aromatic carbocycles. The van der Waals surface area contributed by atoms with Crippen molar-refractivity contribution in [3.8, 4) is 0 Å². The van der Waals surface area contributed by atoms with Gasteiger partial charge in [-0.15, -0.1) is 0 Å². The number of hydrogen-bond acceptors (Lipinski definition) is 3. The van der Waals surface area contributed by atoms with E-state index in [9.17, 15) is 13.2 Å². The number of hydrogen-bond donors (Lipinski definition) is 2. The number of carbonyl (C=O) groups excluding carboxylic acids is 1. The number of carbonyl (C=O) groups is 1. The van der Waals surface area contributed by atoms with Crippen molar-refractivity contribution in [2.75, 3.05) is 5.75 Å². The summed E-state index contributed by atoms with van der Waals surface area (Å²) < 4.78 is 28.9. The fourth-order valence-corrected chi connectivity index (χ4v) is 1.40. The third kappa shape index (κ3) is 12.6. The zero-order chi connectivity index (χ0) is 9.78. The van der Waals surface area contributed by atoms with Crippen LogP contribution in [0.2, 0.25) is 0 Å². The maximum absolute atomic E-state index is 10.5. The molecule has 5 nitrogen and oxygen atoms in total. The molecule has 1 amide bonds. The smallest absolute Gasteiger partial charge is 1.00 e. The second kappa shape index (κ2) is 7.00. The van der Waals surface area contributed by atoms with Crippen LogP contribution >= 0.6 is 0 Å². The van der Waals surface area contributed by atoms with Gasteiger partial charge in [0.25, 0.3) is 10.1 Å². The minimum atomic E-state index is -3.91. The van der Waals surface area contributed by atoms with Crippen molar-refractivity contribution < 1.29 is 20.6 Å². The fourth-order valence-electron chi connectivity index (χ4n) is 0.745. The van der Waals surface area contributed by atoms with Crippen LogP contribution in [-0.4, -0.2) is 68.4 Å². The van der Waals surface area contributed by atoms with Crippen molar-refractivity contribution in [1.82, 2.24) is 5.32 Å². The number of nitrogens with one attached hydrogen (secondary N) is 1. The molecule has 1 unspecified atom stereocenters. The van der Waals surface area contributed by atoms with Gasteiger partial charge >= 0.3 is 37.7 Å². The summed E-state index contributed by atoms with van der Waals surface area (Å²) in [4.78, 5) is 10.5. The molecule has 0 aliphatic carbocycles. The molecule has 0 spiro atoms. The van der Waals surface area contributed by atoms with E-state index in [0.717, 1.165) is 0 Å². The first-order chi connectivity index (χ1) is 5.31. The summed E-state index contributed by atoms with van der Waals surface area (Å²) in [5.74, 6) is -0.535. The van der Waals surface area contributed by atoms with Gasteiger partial charge in [-0.1, -0.05) is 0 Å². The molecule has 7 heteroatoms. The molecule has 0 radical (unpaired) electrons. The van der Waals surface area contributed by atoms with Crippen molar-refractivity contribution in [2.45, 2.75) is 26.3 Å². The molecular formula is C6H15CaNO4S. The minimum Gasteiger partial charge on any atom is -1.00 e. The fraction of sp³-hybridized carbons (Fsp3) is 0.833. The third-order valence-corrected chi connectivity index (χ3v) is 2.01. The molecular weight excluding hydrogens is 222 g/mol. The largest absolute Gasteiger partial charge is 2.00 e. The van der Waals surface area contributed by atoms with E-state index in [1.807, 2.05) is 0 Å². The van der Waals surface area contributed by atoms with Gasteiger partial charge in [0.05, 0.1) is 5.75 Å². The van der Waals surface area contributed by atoms with Crippen LogP contribution in [0, 0.1) is 0 Å². The van der Waals surface area contributed by atoms with Gasteiger partial charge in [-0.05, 0) is 13.3 Å². The molecule has 0 fully saturated rings. The Morgan fingerprint density at radius 2 is 2.08 bits per heavy atom. The molecule has 0 aromatic rings. The van der Waals surface area contributed by atoms with Crippen molar-refractivity contribution >= 4 is 53.8 Å². The second-order valence-corrected chi connectivity index (χ2v) is 4.25. The van der Waals surface area contributed by atoms with Crippen LogP contribution in [0.3, 0.4) is 0 Å². The number of amides is 1. The topological polar surface area (TPSA) is 83.5 Å². The predicted octanol–water partition coefficient (Wildman–Crippen LogP) is -0.367. The van der Waals surface area contributed by atoms with Crippen molar-refractivity contribution in [3.63, 3.8) is 0 Å². The van der Waals surface area contributed by atoms with Crippen LogP contribution in [-0.2, 0) is 14.9 Å². The van der Waals surface area contributed by atoms with E-state index >= 15 is 0 Å². The van der Waals surface area contributed by atoms with Gasteiger partial charge < -0.3 is 8.17 Å². The number of rotatable bonds is 4. The van der Waals surface area contributed by atoms with Crippen LogP contribution in [0.1, 0.15) is 23.1 Å². The van der Waals surface area contributed by atoms with Gasteiger partial charge in [-0.3, -0.25) is 9.35 Å². The van der Waals surface area contributed by atoms with E-state index in [1.54, 1.807) is 6.92 Å². The van der Waals surface area contributed by atoms with Gasteiger partial charge in [0.15, 0.2) is 0 Å². The van der Waals surface area contributed by atoms with E-state index in [2.05, 4.69) is 5.32 Å². The summed E-state index contributed by atoms with van der Waals surface area (Å²) in [6, 6.07) is -0.232. The van der Waals surface area contributed by atoms with Gasteiger partial charge in [-0.2, -0.15) is 8.42 Å². The van der Waals surface area contributed by atoms with Crippen LogP contribution in [0.4, 0.5) is 0 Å². The summed E-state index contributed by atoms with van der Waals surface area (Å²) in [5, 5.41) is 2.50. The Bertz CT molecular complexity index is 260. The average Bonchev–Trinajstić information content (AvgIpc) is 1.80. The summed E-state index contributed by atoms with van der Waals surface area (Å²) in [5.41, 5.74) is 0. The standard InChI is InChI=1S/C6H13NO4S.Ca.2H/c1-5(7-6(2)8)3-4-12(9,10)11;;;/h5H,3-4H2,1-2H3,(H,7,8)(H,9,10,11);;;/q;+2;2*-1. The van der Waals surface area contributed by atoms with Gasteiger partial charge in [0.1, 0.15) is 0 Å². The molecule has 0 aliphatic rings. The SMILES string of the molecule is CC(=O)NC(C)CCS(=O)(=O)O.[Ca+2].[H-].[H-]. The summed E-state index contributed by atoms with van der Waals surface area (Å²) >= 11 is 0. The molecule has 0 heterocycles. The Kier molecular flexibility index (Phi) is 8.66. The zero-order valence-corrected chi connectivity index (χ0v) is 10.8. The molecule has 1 atom stereocenters. The van der Waals surface area contributed by atoms with Gasteiger partial charge in [0, 0.05) is 13.0 Å². The molecule has 2 N–H and O–H groups in total. The second-order valence-electron chi connectivity index (χ2n) is 2.68. The quantitative estimate of drug-likeness (QED) is 0.516. The first-order valence-corrected chi connectivity index (χ1v) is 5.14. The average molecular weight is 237 g/mol. The molecule has 0 saturated carbocycles. The van der Waals surface area contributed by atoms with Crippen molar-refractivity contribution in [2.24, 2.45) is 0 Å². The molecule has 0 bridgehead atoms. The molecule has 13 heavy (non-hydrogen) atoms. The van der Waals surface area contributed by atoms with Gasteiger partial charge in [-0.25, -0.2) is 0 Å². The zero-order valence-electron chi connectivity index (χ0n) is 9.78. The van der Waals surface area contributed by atoms with Crippen LogP contribution in [0.15, 0.2) is 0 Å². The summed E-state index contributed by atoms with van der Waals surface area (Å²) in [6.45, 7) is 3.02.